The first kappa shape index (κ1) is 14.8. The molecule has 0 aromatic heterocycles. The van der Waals surface area contributed by atoms with Crippen LogP contribution in [0.2, 0.25) is 0 Å². The fourth-order valence-electron chi connectivity index (χ4n) is 3.30. The predicted molar refractivity (Wildman–Crippen MR) is 84.7 cm³/mol. The van der Waals surface area contributed by atoms with Gasteiger partial charge in [-0.15, -0.1) is 5.01 Å². The van der Waals surface area contributed by atoms with Crippen molar-refractivity contribution >= 4 is 18.2 Å². The minimum atomic E-state index is -0.713. The zero-order valence-corrected chi connectivity index (χ0v) is 13.1. The van der Waals surface area contributed by atoms with Gasteiger partial charge in [0, 0.05) is 0 Å². The zero-order valence-electron chi connectivity index (χ0n) is 13.1. The third kappa shape index (κ3) is 2.51. The van der Waals surface area contributed by atoms with E-state index in [0.29, 0.717) is 12.8 Å². The molecule has 116 valence electrons. The maximum Gasteiger partial charge on any atom is 0.346 e. The summed E-state index contributed by atoms with van der Waals surface area (Å²) in [7, 11) is 0. The number of nitrogens with zero attached hydrogens (tertiary/aromatic N) is 2. The number of carbonyl (C=O) groups excluding carboxylic acids is 2. The van der Waals surface area contributed by atoms with E-state index in [0.717, 1.165) is 35.4 Å². The van der Waals surface area contributed by atoms with Gasteiger partial charge in [-0.3, -0.25) is 4.79 Å². The number of aryl methyl sites for hydroxylation is 2. The van der Waals surface area contributed by atoms with E-state index in [1.54, 1.807) is 6.21 Å². The standard InChI is InChI=1S/C17H21N3O2/c1-12-6-7-14(13(2)10-12)11-18-20-15(21)17(19-16(20)22)8-4-3-5-9-17/h6-7,10-11H,3-5,8-9H2,1-2H3,(H,19,22)/b18-11+. The molecule has 1 aliphatic carbocycles. The van der Waals surface area contributed by atoms with Crippen molar-refractivity contribution in [3.63, 3.8) is 0 Å². The van der Waals surface area contributed by atoms with Gasteiger partial charge in [-0.1, -0.05) is 43.0 Å². The molecule has 22 heavy (non-hydrogen) atoms. The highest BCUT2D eigenvalue weighted by Crippen LogP contribution is 2.33. The van der Waals surface area contributed by atoms with E-state index in [1.165, 1.54) is 5.56 Å². The Morgan fingerprint density at radius 1 is 1.18 bits per heavy atom. The summed E-state index contributed by atoms with van der Waals surface area (Å²) >= 11 is 0. The smallest absolute Gasteiger partial charge is 0.321 e. The van der Waals surface area contributed by atoms with Gasteiger partial charge in [0.1, 0.15) is 5.54 Å². The number of benzene rings is 1. The van der Waals surface area contributed by atoms with Crippen molar-refractivity contribution in [3.8, 4) is 0 Å². The average molecular weight is 299 g/mol. The summed E-state index contributed by atoms with van der Waals surface area (Å²) in [4.78, 5) is 24.7. The Kier molecular flexibility index (Phi) is 3.72. The first-order chi connectivity index (χ1) is 10.5. The monoisotopic (exact) mass is 299 g/mol. The minimum absolute atomic E-state index is 0.210. The van der Waals surface area contributed by atoms with Gasteiger partial charge in [-0.2, -0.15) is 5.10 Å². The molecule has 1 heterocycles. The molecule has 2 aliphatic rings. The Bertz CT molecular complexity index is 645. The Morgan fingerprint density at radius 2 is 1.91 bits per heavy atom. The highest BCUT2D eigenvalue weighted by molar-refractivity contribution is 6.07. The first-order valence-electron chi connectivity index (χ1n) is 7.80. The lowest BCUT2D eigenvalue weighted by Gasteiger charge is -2.29. The van der Waals surface area contributed by atoms with Gasteiger partial charge in [-0.05, 0) is 37.8 Å². The largest absolute Gasteiger partial charge is 0.346 e. The number of carbonyl (C=O) groups is 2. The number of amides is 3. The molecule has 0 unspecified atom stereocenters. The minimum Gasteiger partial charge on any atom is -0.321 e. The first-order valence-corrected chi connectivity index (χ1v) is 7.80. The third-order valence-corrected chi connectivity index (χ3v) is 4.59. The van der Waals surface area contributed by atoms with E-state index in [2.05, 4.69) is 16.5 Å². The molecular weight excluding hydrogens is 278 g/mol. The molecule has 1 aromatic rings. The maximum absolute atomic E-state index is 12.6. The fourth-order valence-corrected chi connectivity index (χ4v) is 3.30. The number of rotatable bonds is 2. The number of imide groups is 1. The van der Waals surface area contributed by atoms with Gasteiger partial charge >= 0.3 is 6.03 Å². The second kappa shape index (κ2) is 5.55. The van der Waals surface area contributed by atoms with E-state index in [4.69, 9.17) is 0 Å². The van der Waals surface area contributed by atoms with Crippen molar-refractivity contribution in [2.75, 3.05) is 0 Å². The van der Waals surface area contributed by atoms with Crippen molar-refractivity contribution in [2.45, 2.75) is 51.5 Å². The number of nitrogens with one attached hydrogen (secondary N) is 1. The number of hydrogen-bond donors (Lipinski definition) is 1. The van der Waals surface area contributed by atoms with Crippen LogP contribution >= 0.6 is 0 Å². The zero-order chi connectivity index (χ0) is 15.7. The van der Waals surface area contributed by atoms with Crippen LogP contribution in [0.3, 0.4) is 0 Å². The van der Waals surface area contributed by atoms with Crippen LogP contribution in [0.25, 0.3) is 0 Å². The molecule has 2 fully saturated rings. The molecule has 0 radical (unpaired) electrons. The molecule has 1 aliphatic heterocycles. The summed E-state index contributed by atoms with van der Waals surface area (Å²) in [5, 5.41) is 7.99. The second-order valence-electron chi connectivity index (χ2n) is 6.29. The summed E-state index contributed by atoms with van der Waals surface area (Å²) < 4.78 is 0. The highest BCUT2D eigenvalue weighted by atomic mass is 16.2. The molecule has 1 saturated carbocycles. The topological polar surface area (TPSA) is 61.8 Å². The maximum atomic E-state index is 12.6. The molecule has 0 atom stereocenters. The Labute approximate surface area is 130 Å². The lowest BCUT2D eigenvalue weighted by atomic mass is 9.82. The van der Waals surface area contributed by atoms with Crippen molar-refractivity contribution < 1.29 is 9.59 Å². The molecule has 5 heteroatoms. The number of urea groups is 1. The van der Waals surface area contributed by atoms with E-state index in [1.807, 2.05) is 26.0 Å². The summed E-state index contributed by atoms with van der Waals surface area (Å²) in [5.74, 6) is -0.210. The quantitative estimate of drug-likeness (QED) is 0.674. The Hall–Kier alpha value is -2.17. The summed E-state index contributed by atoms with van der Waals surface area (Å²) in [5.41, 5.74) is 2.44. The van der Waals surface area contributed by atoms with E-state index in [9.17, 15) is 9.59 Å². The Balaban J connectivity index is 1.81. The van der Waals surface area contributed by atoms with Gasteiger partial charge in [0.05, 0.1) is 6.21 Å². The van der Waals surface area contributed by atoms with Crippen LogP contribution in [0.4, 0.5) is 4.79 Å². The molecule has 1 spiro atoms. The lowest BCUT2D eigenvalue weighted by molar-refractivity contribution is -0.132. The van der Waals surface area contributed by atoms with Crippen LogP contribution in [0.5, 0.6) is 0 Å². The SMILES string of the molecule is Cc1ccc(/C=N/N2C(=O)NC3(CCCCC3)C2=O)c(C)c1. The van der Waals surface area contributed by atoms with Crippen LogP contribution in [0, 0.1) is 13.8 Å². The van der Waals surface area contributed by atoms with E-state index < -0.39 is 11.6 Å². The summed E-state index contributed by atoms with van der Waals surface area (Å²) in [6, 6.07) is 5.58. The van der Waals surface area contributed by atoms with Crippen LogP contribution < -0.4 is 5.32 Å². The molecule has 3 rings (SSSR count). The van der Waals surface area contributed by atoms with Crippen LogP contribution in [0.15, 0.2) is 23.3 Å². The summed E-state index contributed by atoms with van der Waals surface area (Å²) in [6.07, 6.45) is 6.09. The van der Waals surface area contributed by atoms with Crippen LogP contribution in [-0.4, -0.2) is 28.7 Å². The molecule has 1 saturated heterocycles. The van der Waals surface area contributed by atoms with Gasteiger partial charge in [0.15, 0.2) is 0 Å². The van der Waals surface area contributed by atoms with E-state index >= 15 is 0 Å². The van der Waals surface area contributed by atoms with Gasteiger partial charge in [-0.25, -0.2) is 4.79 Å². The van der Waals surface area contributed by atoms with E-state index in [-0.39, 0.29) is 5.91 Å². The third-order valence-electron chi connectivity index (χ3n) is 4.59. The molecule has 5 nitrogen and oxygen atoms in total. The van der Waals surface area contributed by atoms with Gasteiger partial charge < -0.3 is 5.32 Å². The normalized spacial score (nSPS) is 20.9. The molecular formula is C17H21N3O2. The molecule has 3 amide bonds. The van der Waals surface area contributed by atoms with Crippen LogP contribution in [-0.2, 0) is 4.79 Å². The van der Waals surface area contributed by atoms with Crippen molar-refractivity contribution in [2.24, 2.45) is 5.10 Å². The molecule has 1 aromatic carbocycles. The number of hydrogen-bond acceptors (Lipinski definition) is 3. The fraction of sp³-hybridized carbons (Fsp3) is 0.471. The van der Waals surface area contributed by atoms with Gasteiger partial charge in [0.2, 0.25) is 0 Å². The molecule has 0 bridgehead atoms. The number of hydrazone groups is 1. The Morgan fingerprint density at radius 3 is 2.59 bits per heavy atom. The summed E-state index contributed by atoms with van der Waals surface area (Å²) in [6.45, 7) is 4.01. The van der Waals surface area contributed by atoms with Crippen molar-refractivity contribution in [1.82, 2.24) is 10.3 Å². The lowest BCUT2D eigenvalue weighted by Crippen LogP contribution is -2.48. The highest BCUT2D eigenvalue weighted by Gasteiger charge is 2.51. The van der Waals surface area contributed by atoms with Crippen molar-refractivity contribution in [1.29, 1.82) is 0 Å². The molecule has 1 N–H and O–H groups in total. The van der Waals surface area contributed by atoms with Crippen molar-refractivity contribution in [3.05, 3.63) is 34.9 Å². The average Bonchev–Trinajstić information content (AvgIpc) is 2.71. The second-order valence-corrected chi connectivity index (χ2v) is 6.29. The van der Waals surface area contributed by atoms with Gasteiger partial charge in [0.25, 0.3) is 5.91 Å². The van der Waals surface area contributed by atoms with Crippen LogP contribution in [0.1, 0.15) is 48.8 Å². The predicted octanol–water partition coefficient (Wildman–Crippen LogP) is 2.89.